The maximum Gasteiger partial charge on any atom is 0.288 e. The molecule has 0 saturated heterocycles. The van der Waals surface area contributed by atoms with Gasteiger partial charge in [0.2, 0.25) is 5.82 Å². The molecule has 3 aromatic heterocycles. The molecule has 1 aliphatic rings. The Balaban J connectivity index is 2.10. The molecule has 3 aromatic rings. The quantitative estimate of drug-likeness (QED) is 0.308. The Morgan fingerprint density at radius 3 is 2.22 bits per heavy atom. The predicted molar refractivity (Wildman–Crippen MR) is 150 cm³/mol. The maximum absolute atomic E-state index is 2.46. The summed E-state index contributed by atoms with van der Waals surface area (Å²) < 4.78 is 7.17. The third kappa shape index (κ3) is 4.31. The first-order chi connectivity index (χ1) is 16.7. The number of rotatable bonds is 3. The molecule has 0 aliphatic carbocycles. The van der Waals surface area contributed by atoms with Gasteiger partial charge < -0.3 is 0 Å². The van der Waals surface area contributed by atoms with E-state index in [2.05, 4.69) is 162 Å². The van der Waals surface area contributed by atoms with E-state index in [1.165, 1.54) is 28.3 Å². The molecule has 4 rings (SSSR count). The largest absolute Gasteiger partial charge is 0.288 e. The van der Waals surface area contributed by atoms with Crippen LogP contribution < -0.4 is 14.0 Å². The Morgan fingerprint density at radius 2 is 1.61 bits per heavy atom. The van der Waals surface area contributed by atoms with E-state index in [4.69, 9.17) is 0 Å². The summed E-state index contributed by atoms with van der Waals surface area (Å²) >= 11 is 0. The van der Waals surface area contributed by atoms with Crippen molar-refractivity contribution in [2.75, 3.05) is 11.9 Å². The zero-order valence-corrected chi connectivity index (χ0v) is 24.1. The molecule has 4 nitrogen and oxygen atoms in total. The molecule has 0 spiro atoms. The van der Waals surface area contributed by atoms with E-state index in [0.29, 0.717) is 0 Å². The lowest BCUT2D eigenvalue weighted by Gasteiger charge is -2.30. The fourth-order valence-corrected chi connectivity index (χ4v) is 5.23. The van der Waals surface area contributed by atoms with Gasteiger partial charge in [-0.15, -0.1) is 0 Å². The van der Waals surface area contributed by atoms with Gasteiger partial charge in [0, 0.05) is 23.8 Å². The summed E-state index contributed by atoms with van der Waals surface area (Å²) in [5.41, 5.74) is 5.02. The molecular formula is C32H44N4+2. The van der Waals surface area contributed by atoms with Crippen LogP contribution in [0, 0.1) is 5.41 Å². The van der Waals surface area contributed by atoms with Crippen LogP contribution in [0.3, 0.4) is 0 Å². The van der Waals surface area contributed by atoms with Crippen LogP contribution in [0.5, 0.6) is 0 Å². The van der Waals surface area contributed by atoms with Crippen LogP contribution in [0.25, 0.3) is 11.6 Å². The molecule has 4 heterocycles. The fourth-order valence-electron chi connectivity index (χ4n) is 5.23. The van der Waals surface area contributed by atoms with E-state index in [0.717, 1.165) is 11.6 Å². The van der Waals surface area contributed by atoms with E-state index in [9.17, 15) is 0 Å². The number of pyridine rings is 2. The zero-order valence-electron chi connectivity index (χ0n) is 24.1. The lowest BCUT2D eigenvalue weighted by molar-refractivity contribution is -0.685. The monoisotopic (exact) mass is 484 g/mol. The van der Waals surface area contributed by atoms with Crippen LogP contribution in [0.2, 0.25) is 0 Å². The molecule has 0 aromatic carbocycles. The summed E-state index contributed by atoms with van der Waals surface area (Å²) in [5.74, 6) is 3.47. The number of hydrogen-bond donors (Lipinski definition) is 0. The highest BCUT2D eigenvalue weighted by Gasteiger charge is 2.40. The second-order valence-corrected chi connectivity index (χ2v) is 12.7. The molecular weight excluding hydrogens is 440 g/mol. The highest BCUT2D eigenvalue weighted by Crippen LogP contribution is 2.34. The third-order valence-electron chi connectivity index (χ3n) is 7.50. The van der Waals surface area contributed by atoms with Crippen LogP contribution in [0.4, 0.5) is 5.82 Å². The smallest absolute Gasteiger partial charge is 0.268 e. The zero-order chi connectivity index (χ0) is 26.6. The summed E-state index contributed by atoms with van der Waals surface area (Å²) in [5, 5.41) is 0. The van der Waals surface area contributed by atoms with Gasteiger partial charge in [0.1, 0.15) is 11.9 Å². The molecule has 0 atom stereocenters. The second-order valence-electron chi connectivity index (χ2n) is 12.7. The van der Waals surface area contributed by atoms with Crippen molar-refractivity contribution in [3.63, 3.8) is 0 Å². The van der Waals surface area contributed by atoms with Gasteiger partial charge in [-0.3, -0.25) is 4.90 Å². The Kier molecular flexibility index (Phi) is 6.31. The number of allylic oxidation sites excluding steroid dienone is 3. The van der Waals surface area contributed by atoms with Gasteiger partial charge in [-0.2, -0.15) is 9.13 Å². The summed E-state index contributed by atoms with van der Waals surface area (Å²) in [6.45, 7) is 20.4. The fraction of sp³-hybridized carbons (Fsp3) is 0.438. The van der Waals surface area contributed by atoms with Crippen molar-refractivity contribution < 1.29 is 9.13 Å². The Labute approximate surface area is 218 Å². The van der Waals surface area contributed by atoms with Crippen LogP contribution in [-0.2, 0) is 17.9 Å². The first-order valence-electron chi connectivity index (χ1n) is 13.0. The van der Waals surface area contributed by atoms with Crippen molar-refractivity contribution >= 4 is 5.82 Å². The minimum absolute atomic E-state index is 0.0343. The molecule has 190 valence electrons. The van der Waals surface area contributed by atoms with Crippen LogP contribution in [-0.4, -0.2) is 11.6 Å². The molecule has 0 radical (unpaired) electrons. The summed E-state index contributed by atoms with van der Waals surface area (Å²) in [6, 6.07) is 15.7. The molecule has 0 saturated carbocycles. The Bertz CT molecular complexity index is 1350. The highest BCUT2D eigenvalue weighted by molar-refractivity contribution is 5.46. The summed E-state index contributed by atoms with van der Waals surface area (Å²) in [4.78, 5) is 2.28. The van der Waals surface area contributed by atoms with E-state index >= 15 is 0 Å². The third-order valence-corrected chi connectivity index (χ3v) is 7.50. The van der Waals surface area contributed by atoms with Gasteiger partial charge in [0.25, 0.3) is 11.6 Å². The number of anilines is 1. The van der Waals surface area contributed by atoms with E-state index < -0.39 is 0 Å². The summed E-state index contributed by atoms with van der Waals surface area (Å²) in [7, 11) is 4.36. The lowest BCUT2D eigenvalue weighted by atomic mass is 9.83. The minimum atomic E-state index is -0.209. The standard InChI is InChI=1S/C32H44N4/c1-12-15-23(30(2,3)4)21-33(10)27-18-14-17-26-32(8,9)25-16-13-19-28(34(25)11)35-22-24(31(5,6)7)20-29(35)36(26)27/h12-22H,1-11H3/q+2/b15-12?,23-21+. The molecule has 0 amide bonds. The Morgan fingerprint density at radius 1 is 0.972 bits per heavy atom. The van der Waals surface area contributed by atoms with Crippen molar-refractivity contribution in [2.45, 2.75) is 73.1 Å². The predicted octanol–water partition coefficient (Wildman–Crippen LogP) is 6.46. The first-order valence-corrected chi connectivity index (χ1v) is 13.0. The molecule has 36 heavy (non-hydrogen) atoms. The lowest BCUT2D eigenvalue weighted by Crippen LogP contribution is -2.54. The van der Waals surface area contributed by atoms with Crippen molar-refractivity contribution in [1.29, 1.82) is 0 Å². The molecule has 1 aliphatic heterocycles. The average molecular weight is 485 g/mol. The SMILES string of the molecule is CC=C/C(=C\N(C)c1cccc2[n+]1-c1cc(C(C)(C)C)cn1-c1cccc([n+]1C)C2(C)C)C(C)(C)C. The molecule has 0 N–H and O–H groups in total. The van der Waals surface area contributed by atoms with Crippen molar-refractivity contribution in [3.8, 4) is 11.6 Å². The highest BCUT2D eigenvalue weighted by atomic mass is 15.3. The number of aromatic nitrogens is 3. The second kappa shape index (κ2) is 8.76. The van der Waals surface area contributed by atoms with E-state index in [1.54, 1.807) is 0 Å². The molecule has 0 unspecified atom stereocenters. The van der Waals surface area contributed by atoms with Gasteiger partial charge in [0.15, 0.2) is 0 Å². The minimum Gasteiger partial charge on any atom is -0.268 e. The van der Waals surface area contributed by atoms with Gasteiger partial charge >= 0.3 is 0 Å². The van der Waals surface area contributed by atoms with Gasteiger partial charge in [0.05, 0.1) is 31.4 Å². The normalized spacial score (nSPS) is 15.4. The average Bonchev–Trinajstić information content (AvgIpc) is 3.22. The van der Waals surface area contributed by atoms with E-state index in [-0.39, 0.29) is 16.2 Å². The van der Waals surface area contributed by atoms with Crippen LogP contribution in [0.1, 0.15) is 79.3 Å². The van der Waals surface area contributed by atoms with E-state index in [1.807, 2.05) is 0 Å². The van der Waals surface area contributed by atoms with Crippen molar-refractivity contribution in [1.82, 2.24) is 4.57 Å². The van der Waals surface area contributed by atoms with Crippen LogP contribution >= 0.6 is 0 Å². The Hall–Kier alpha value is -3.14. The summed E-state index contributed by atoms with van der Waals surface area (Å²) in [6.07, 6.45) is 8.95. The number of fused-ring (bicyclic) bond motifs is 6. The van der Waals surface area contributed by atoms with Gasteiger partial charge in [-0.25, -0.2) is 4.57 Å². The van der Waals surface area contributed by atoms with Gasteiger partial charge in [-0.05, 0) is 49.3 Å². The molecule has 4 heteroatoms. The van der Waals surface area contributed by atoms with Crippen LogP contribution in [0.15, 0.2) is 72.6 Å². The topological polar surface area (TPSA) is 15.9 Å². The van der Waals surface area contributed by atoms with Gasteiger partial charge in [-0.1, -0.05) is 65.8 Å². The molecule has 2 bridgehead atoms. The molecule has 0 fully saturated rings. The van der Waals surface area contributed by atoms with Crippen molar-refractivity contribution in [3.05, 3.63) is 89.5 Å². The van der Waals surface area contributed by atoms with Crippen molar-refractivity contribution in [2.24, 2.45) is 12.5 Å². The maximum atomic E-state index is 2.46. The number of nitrogens with zero attached hydrogens (tertiary/aromatic N) is 4. The first kappa shape index (κ1) is 25.9. The number of hydrogen-bond acceptors (Lipinski definition) is 1.